The van der Waals surface area contributed by atoms with E-state index in [0.29, 0.717) is 10.8 Å². The number of rotatable bonds is 6. The summed E-state index contributed by atoms with van der Waals surface area (Å²) in [5.41, 5.74) is 4.86. The Labute approximate surface area is 127 Å². The predicted octanol–water partition coefficient (Wildman–Crippen LogP) is 2.24. The summed E-state index contributed by atoms with van der Waals surface area (Å²) in [5.74, 6) is -3.38. The quantitative estimate of drug-likeness (QED) is 0.841. The van der Waals surface area contributed by atoms with Crippen LogP contribution in [-0.2, 0) is 4.79 Å². The van der Waals surface area contributed by atoms with Crippen LogP contribution in [0.3, 0.4) is 0 Å². The zero-order valence-corrected chi connectivity index (χ0v) is 12.3. The molecule has 0 aromatic heterocycles. The van der Waals surface area contributed by atoms with E-state index >= 15 is 0 Å². The van der Waals surface area contributed by atoms with Gasteiger partial charge in [0.15, 0.2) is 6.10 Å². The lowest BCUT2D eigenvalue weighted by atomic mass is 10.3. The molecule has 0 aliphatic rings. The smallest absolute Gasteiger partial charge is 0.277 e. The Bertz CT molecular complexity index is 447. The molecule has 0 heterocycles. The van der Waals surface area contributed by atoms with E-state index in [0.717, 1.165) is 0 Å². The maximum atomic E-state index is 12.9. The van der Waals surface area contributed by atoms with Crippen LogP contribution in [0, 0.1) is 0 Å². The summed E-state index contributed by atoms with van der Waals surface area (Å²) >= 11 is 5.75. The summed E-state index contributed by atoms with van der Waals surface area (Å²) in [5, 5.41) is 2.54. The number of carbonyl (C=O) groups excluding carboxylic acids is 1. The molecule has 1 aromatic rings. The molecule has 0 fully saturated rings. The summed E-state index contributed by atoms with van der Waals surface area (Å²) < 4.78 is 31.0. The van der Waals surface area contributed by atoms with Crippen molar-refractivity contribution in [1.82, 2.24) is 5.32 Å². The highest BCUT2D eigenvalue weighted by molar-refractivity contribution is 6.30. The fourth-order valence-corrected chi connectivity index (χ4v) is 1.41. The first-order chi connectivity index (χ1) is 8.84. The fraction of sp³-hybridized carbons (Fsp3) is 0.417. The number of hydrogen-bond acceptors (Lipinski definition) is 3. The molecule has 1 atom stereocenters. The van der Waals surface area contributed by atoms with Gasteiger partial charge in [-0.15, -0.1) is 12.4 Å². The van der Waals surface area contributed by atoms with Crippen molar-refractivity contribution in [3.05, 3.63) is 29.3 Å². The third-order valence-corrected chi connectivity index (χ3v) is 2.53. The molecule has 1 unspecified atom stereocenters. The lowest BCUT2D eigenvalue weighted by Gasteiger charge is -2.18. The van der Waals surface area contributed by atoms with Crippen molar-refractivity contribution in [3.63, 3.8) is 0 Å². The predicted molar refractivity (Wildman–Crippen MR) is 75.8 cm³/mol. The molecule has 1 amide bonds. The van der Waals surface area contributed by atoms with Crippen LogP contribution in [0.15, 0.2) is 24.3 Å². The van der Waals surface area contributed by atoms with Crippen molar-refractivity contribution in [2.24, 2.45) is 5.73 Å². The maximum Gasteiger partial charge on any atom is 0.277 e. The summed E-state index contributed by atoms with van der Waals surface area (Å²) in [6, 6.07) is 6.45. The van der Waals surface area contributed by atoms with E-state index in [1.54, 1.807) is 18.2 Å². The van der Waals surface area contributed by atoms with E-state index in [1.165, 1.54) is 13.0 Å². The standard InChI is InChI=1S/C12H15ClF2N2O2.ClH/c1-8(11(18)17-7-12(14,15)6-16)19-10-4-2-3-9(13)5-10;/h2-5,8H,6-7,16H2,1H3,(H,17,18);1H. The van der Waals surface area contributed by atoms with Crippen molar-refractivity contribution < 1.29 is 18.3 Å². The van der Waals surface area contributed by atoms with Crippen molar-refractivity contribution in [2.45, 2.75) is 19.0 Å². The molecular weight excluding hydrogens is 313 g/mol. The zero-order chi connectivity index (χ0) is 14.5. The number of alkyl halides is 2. The molecular formula is C12H16Cl2F2N2O2. The highest BCUT2D eigenvalue weighted by atomic mass is 35.5. The van der Waals surface area contributed by atoms with Crippen LogP contribution in [-0.4, -0.2) is 31.0 Å². The maximum absolute atomic E-state index is 12.9. The topological polar surface area (TPSA) is 64.3 Å². The van der Waals surface area contributed by atoms with Gasteiger partial charge in [0.1, 0.15) is 5.75 Å². The minimum atomic E-state index is -3.12. The molecule has 0 radical (unpaired) electrons. The van der Waals surface area contributed by atoms with Gasteiger partial charge >= 0.3 is 0 Å². The Hall–Kier alpha value is -1.11. The molecule has 0 saturated heterocycles. The Morgan fingerprint density at radius 3 is 2.75 bits per heavy atom. The molecule has 0 saturated carbocycles. The minimum absolute atomic E-state index is 0. The van der Waals surface area contributed by atoms with Crippen LogP contribution in [0.25, 0.3) is 0 Å². The number of halogens is 4. The second kappa shape index (κ2) is 8.24. The van der Waals surface area contributed by atoms with Crippen LogP contribution in [0.5, 0.6) is 5.75 Å². The average molecular weight is 329 g/mol. The van der Waals surface area contributed by atoms with Gasteiger partial charge in [-0.25, -0.2) is 8.78 Å². The Morgan fingerprint density at radius 2 is 2.20 bits per heavy atom. The molecule has 8 heteroatoms. The SMILES string of the molecule is CC(Oc1cccc(Cl)c1)C(=O)NCC(F)(F)CN.Cl. The van der Waals surface area contributed by atoms with Crippen LogP contribution in [0.1, 0.15) is 6.92 Å². The molecule has 20 heavy (non-hydrogen) atoms. The summed E-state index contributed by atoms with van der Waals surface area (Å²) in [4.78, 5) is 11.6. The summed E-state index contributed by atoms with van der Waals surface area (Å²) in [6.07, 6.45) is -0.910. The average Bonchev–Trinajstić information content (AvgIpc) is 2.36. The van der Waals surface area contributed by atoms with Crippen LogP contribution in [0.2, 0.25) is 5.02 Å². The third kappa shape index (κ3) is 6.36. The van der Waals surface area contributed by atoms with Gasteiger partial charge < -0.3 is 15.8 Å². The van der Waals surface area contributed by atoms with E-state index in [2.05, 4.69) is 5.32 Å². The first-order valence-electron chi connectivity index (χ1n) is 5.62. The number of nitrogens with two attached hydrogens (primary N) is 1. The molecule has 0 bridgehead atoms. The normalized spacial score (nSPS) is 12.2. The van der Waals surface area contributed by atoms with Gasteiger partial charge in [-0.05, 0) is 25.1 Å². The highest BCUT2D eigenvalue weighted by Crippen LogP contribution is 2.18. The first kappa shape index (κ1) is 18.9. The number of ether oxygens (including phenoxy) is 1. The first-order valence-corrected chi connectivity index (χ1v) is 6.00. The Balaban J connectivity index is 0.00000361. The molecule has 1 aromatic carbocycles. The Kier molecular flexibility index (Phi) is 7.78. The number of hydrogen-bond donors (Lipinski definition) is 2. The van der Waals surface area contributed by atoms with Crippen molar-refractivity contribution >= 4 is 29.9 Å². The number of benzene rings is 1. The van der Waals surface area contributed by atoms with Gasteiger partial charge in [0.25, 0.3) is 11.8 Å². The molecule has 114 valence electrons. The molecule has 0 aliphatic carbocycles. The molecule has 1 rings (SSSR count). The second-order valence-corrected chi connectivity index (χ2v) is 4.43. The Morgan fingerprint density at radius 1 is 1.55 bits per heavy atom. The molecule has 0 spiro atoms. The van der Waals surface area contributed by atoms with Crippen LogP contribution >= 0.6 is 24.0 Å². The van der Waals surface area contributed by atoms with Crippen LogP contribution in [0.4, 0.5) is 8.78 Å². The third-order valence-electron chi connectivity index (χ3n) is 2.30. The lowest BCUT2D eigenvalue weighted by Crippen LogP contribution is -2.45. The van der Waals surface area contributed by atoms with Crippen LogP contribution < -0.4 is 15.8 Å². The van der Waals surface area contributed by atoms with Gasteiger partial charge in [-0.2, -0.15) is 0 Å². The van der Waals surface area contributed by atoms with Crippen molar-refractivity contribution in [2.75, 3.05) is 13.1 Å². The van der Waals surface area contributed by atoms with Gasteiger partial charge in [0.05, 0.1) is 13.1 Å². The monoisotopic (exact) mass is 328 g/mol. The van der Waals surface area contributed by atoms with Gasteiger partial charge in [-0.1, -0.05) is 17.7 Å². The zero-order valence-electron chi connectivity index (χ0n) is 10.7. The van der Waals surface area contributed by atoms with E-state index in [9.17, 15) is 13.6 Å². The summed E-state index contributed by atoms with van der Waals surface area (Å²) in [7, 11) is 0. The van der Waals surface area contributed by atoms with E-state index in [-0.39, 0.29) is 12.4 Å². The van der Waals surface area contributed by atoms with E-state index < -0.39 is 31.0 Å². The molecule has 4 nitrogen and oxygen atoms in total. The second-order valence-electron chi connectivity index (χ2n) is 4.00. The van der Waals surface area contributed by atoms with Gasteiger partial charge in [-0.3, -0.25) is 4.79 Å². The van der Waals surface area contributed by atoms with E-state index in [1.807, 2.05) is 0 Å². The highest BCUT2D eigenvalue weighted by Gasteiger charge is 2.28. The minimum Gasteiger partial charge on any atom is -0.481 e. The number of nitrogens with one attached hydrogen (secondary N) is 1. The van der Waals surface area contributed by atoms with Gasteiger partial charge in [0.2, 0.25) is 0 Å². The van der Waals surface area contributed by atoms with Crippen molar-refractivity contribution in [1.29, 1.82) is 0 Å². The molecule has 0 aliphatic heterocycles. The fourth-order valence-electron chi connectivity index (χ4n) is 1.23. The van der Waals surface area contributed by atoms with E-state index in [4.69, 9.17) is 22.1 Å². The molecule has 3 N–H and O–H groups in total. The number of amides is 1. The largest absolute Gasteiger partial charge is 0.481 e. The lowest BCUT2D eigenvalue weighted by molar-refractivity contribution is -0.129. The summed E-state index contributed by atoms with van der Waals surface area (Å²) in [6.45, 7) is -0.181. The van der Waals surface area contributed by atoms with Crippen molar-refractivity contribution in [3.8, 4) is 5.75 Å². The van der Waals surface area contributed by atoms with Gasteiger partial charge in [0, 0.05) is 5.02 Å². The number of carbonyl (C=O) groups is 1.